The Balaban J connectivity index is 1.74. The molecule has 5 atom stereocenters. The van der Waals surface area contributed by atoms with E-state index in [2.05, 4.69) is 4.98 Å². The summed E-state index contributed by atoms with van der Waals surface area (Å²) < 4.78 is 7.01. The molecule has 1 unspecified atom stereocenters. The molecule has 1 fully saturated rings. The van der Waals surface area contributed by atoms with Crippen LogP contribution in [0.3, 0.4) is 0 Å². The third-order valence-corrected chi connectivity index (χ3v) is 5.01. The first kappa shape index (κ1) is 17.9. The number of imidazole rings is 1. The molecule has 1 aromatic carbocycles. The molecule has 10 heteroatoms. The Morgan fingerprint density at radius 3 is 2.56 bits per heavy atom. The summed E-state index contributed by atoms with van der Waals surface area (Å²) >= 11 is 0. The van der Waals surface area contributed by atoms with Gasteiger partial charge in [-0.2, -0.15) is 0 Å². The smallest absolute Gasteiger partial charge is 0.283 e. The van der Waals surface area contributed by atoms with Crippen molar-refractivity contribution in [2.75, 3.05) is 23.5 Å². The number of nitrogens with two attached hydrogens (primary N) is 1. The summed E-state index contributed by atoms with van der Waals surface area (Å²) in [5, 5.41) is 29.6. The van der Waals surface area contributed by atoms with Gasteiger partial charge in [-0.15, -0.1) is 0 Å². The highest BCUT2D eigenvalue weighted by Gasteiger charge is 2.46. The number of carbonyl (C=O) groups excluding carboxylic acids is 1. The second-order valence-electron chi connectivity index (χ2n) is 6.59. The Hall–Kier alpha value is -2.50. The summed E-state index contributed by atoms with van der Waals surface area (Å²) in [5.74, 6) is -0.0122. The average Bonchev–Trinajstić information content (AvgIpc) is 3.23. The maximum atomic E-state index is 13.0. The highest BCUT2D eigenvalue weighted by atomic mass is 16.6. The number of anilines is 2. The zero-order valence-electron chi connectivity index (χ0n) is 14.6. The number of nitrogens with zero attached hydrogens (tertiary/aromatic N) is 4. The largest absolute Gasteiger partial charge is 0.394 e. The monoisotopic (exact) mass is 375 g/mol. The molecule has 4 rings (SSSR count). The van der Waals surface area contributed by atoms with Crippen LogP contribution in [0.2, 0.25) is 0 Å². The van der Waals surface area contributed by atoms with E-state index in [4.69, 9.17) is 10.5 Å². The first-order valence-electron chi connectivity index (χ1n) is 8.52. The number of hydrogen-bond acceptors (Lipinski definition) is 8. The molecule has 1 aromatic heterocycles. The molecular weight excluding hydrogens is 354 g/mol. The van der Waals surface area contributed by atoms with Crippen molar-refractivity contribution in [2.24, 2.45) is 5.73 Å². The quantitative estimate of drug-likeness (QED) is 0.527. The topological polar surface area (TPSA) is 137 Å². The van der Waals surface area contributed by atoms with Gasteiger partial charge in [-0.3, -0.25) is 20.0 Å². The normalized spacial score (nSPS) is 30.7. The summed E-state index contributed by atoms with van der Waals surface area (Å²) in [5.41, 5.74) is 7.09. The van der Waals surface area contributed by atoms with Crippen LogP contribution < -0.4 is 15.5 Å². The van der Waals surface area contributed by atoms with Crippen molar-refractivity contribution in [3.63, 3.8) is 0 Å². The van der Waals surface area contributed by atoms with E-state index < -0.39 is 37.4 Å². The minimum atomic E-state index is -1.28. The lowest BCUT2D eigenvalue weighted by Crippen LogP contribution is -2.59. The number of para-hydroxylation sites is 1. The molecule has 3 heterocycles. The SMILES string of the molecule is CN1c2c(ncn2[C@@H]2O[C@H](CO)[C@@H](O)[C@H]2O)C(=O)N(c2ccccc2)C1N. The highest BCUT2D eigenvalue weighted by molar-refractivity contribution is 6.10. The van der Waals surface area contributed by atoms with Crippen molar-refractivity contribution >= 4 is 17.4 Å². The number of rotatable bonds is 3. The minimum Gasteiger partial charge on any atom is -0.394 e. The molecule has 0 aliphatic carbocycles. The maximum Gasteiger partial charge on any atom is 0.283 e. The maximum absolute atomic E-state index is 13.0. The molecular formula is C17H21N5O5. The molecule has 1 amide bonds. The minimum absolute atomic E-state index is 0.154. The van der Waals surface area contributed by atoms with Crippen LogP contribution in [0.5, 0.6) is 0 Å². The van der Waals surface area contributed by atoms with E-state index >= 15 is 0 Å². The van der Waals surface area contributed by atoms with Gasteiger partial charge in [0.15, 0.2) is 18.2 Å². The zero-order valence-corrected chi connectivity index (χ0v) is 14.6. The van der Waals surface area contributed by atoms with Crippen LogP contribution in [0.4, 0.5) is 11.5 Å². The molecule has 144 valence electrons. The number of hydrogen-bond donors (Lipinski definition) is 4. The Morgan fingerprint density at radius 2 is 1.93 bits per heavy atom. The standard InChI is InChI=1S/C17H21N5O5/c1-20-14-11(15(26)22(17(20)18)9-5-3-2-4-6-9)19-8-21(14)16-13(25)12(24)10(7-23)27-16/h2-6,8,10,12-13,16-17,23-25H,7,18H2,1H3/t10-,12-,13-,16-,17?/m1/s1. The summed E-state index contributed by atoms with van der Waals surface area (Å²) in [7, 11) is 1.70. The van der Waals surface area contributed by atoms with Crippen LogP contribution in [-0.2, 0) is 4.74 Å². The van der Waals surface area contributed by atoms with Gasteiger partial charge in [-0.1, -0.05) is 18.2 Å². The molecule has 1 saturated heterocycles. The molecule has 2 aliphatic rings. The molecule has 2 aromatic rings. The van der Waals surface area contributed by atoms with E-state index in [0.29, 0.717) is 11.5 Å². The number of aliphatic hydroxyl groups is 3. The van der Waals surface area contributed by atoms with Crippen molar-refractivity contribution in [2.45, 2.75) is 30.8 Å². The summed E-state index contributed by atoms with van der Waals surface area (Å²) in [6, 6.07) is 9.01. The van der Waals surface area contributed by atoms with Crippen molar-refractivity contribution in [3.05, 3.63) is 42.4 Å². The summed E-state index contributed by atoms with van der Waals surface area (Å²) in [6.45, 7) is -0.443. The van der Waals surface area contributed by atoms with E-state index in [0.717, 1.165) is 0 Å². The van der Waals surface area contributed by atoms with Gasteiger partial charge in [0, 0.05) is 12.7 Å². The lowest BCUT2D eigenvalue weighted by atomic mass is 10.1. The van der Waals surface area contributed by atoms with Crippen LogP contribution in [0.25, 0.3) is 0 Å². The number of amides is 1. The fourth-order valence-corrected chi connectivity index (χ4v) is 3.54. The van der Waals surface area contributed by atoms with Crippen molar-refractivity contribution in [1.82, 2.24) is 9.55 Å². The summed E-state index contributed by atoms with van der Waals surface area (Å²) in [6.07, 6.45) is -3.91. The Kier molecular flexibility index (Phi) is 4.36. The third-order valence-electron chi connectivity index (χ3n) is 5.01. The molecule has 27 heavy (non-hydrogen) atoms. The van der Waals surface area contributed by atoms with Crippen LogP contribution in [0.15, 0.2) is 36.7 Å². The predicted molar refractivity (Wildman–Crippen MR) is 94.9 cm³/mol. The van der Waals surface area contributed by atoms with Gasteiger partial charge in [-0.05, 0) is 12.1 Å². The van der Waals surface area contributed by atoms with Gasteiger partial charge in [-0.25, -0.2) is 4.98 Å². The van der Waals surface area contributed by atoms with Crippen LogP contribution in [0.1, 0.15) is 16.7 Å². The zero-order chi connectivity index (χ0) is 19.3. The van der Waals surface area contributed by atoms with E-state index in [1.54, 1.807) is 24.1 Å². The first-order chi connectivity index (χ1) is 13.0. The first-order valence-corrected chi connectivity index (χ1v) is 8.52. The second kappa shape index (κ2) is 6.59. The fourth-order valence-electron chi connectivity index (χ4n) is 3.54. The van der Waals surface area contributed by atoms with Crippen molar-refractivity contribution in [3.8, 4) is 0 Å². The van der Waals surface area contributed by atoms with E-state index in [-0.39, 0.29) is 11.6 Å². The highest BCUT2D eigenvalue weighted by Crippen LogP contribution is 2.37. The predicted octanol–water partition coefficient (Wildman–Crippen LogP) is -1.17. The number of carbonyl (C=O) groups is 1. The lowest BCUT2D eigenvalue weighted by molar-refractivity contribution is -0.0522. The van der Waals surface area contributed by atoms with Crippen LogP contribution in [-0.4, -0.2) is 69.0 Å². The van der Waals surface area contributed by atoms with E-state index in [1.165, 1.54) is 15.8 Å². The van der Waals surface area contributed by atoms with Gasteiger partial charge < -0.3 is 25.0 Å². The molecule has 5 N–H and O–H groups in total. The average molecular weight is 375 g/mol. The number of benzene rings is 1. The lowest BCUT2D eigenvalue weighted by Gasteiger charge is -2.40. The second-order valence-corrected chi connectivity index (χ2v) is 6.59. The molecule has 2 aliphatic heterocycles. The molecule has 0 bridgehead atoms. The molecule has 0 spiro atoms. The number of aliphatic hydroxyl groups excluding tert-OH is 3. The van der Waals surface area contributed by atoms with E-state index in [9.17, 15) is 20.1 Å². The van der Waals surface area contributed by atoms with Gasteiger partial charge in [0.25, 0.3) is 5.91 Å². The molecule has 0 saturated carbocycles. The van der Waals surface area contributed by atoms with Crippen molar-refractivity contribution in [1.29, 1.82) is 0 Å². The molecule has 0 radical (unpaired) electrons. The van der Waals surface area contributed by atoms with Gasteiger partial charge in [0.05, 0.1) is 12.9 Å². The van der Waals surface area contributed by atoms with Gasteiger partial charge in [0.1, 0.15) is 24.1 Å². The summed E-state index contributed by atoms with van der Waals surface area (Å²) in [4.78, 5) is 20.3. The van der Waals surface area contributed by atoms with Crippen molar-refractivity contribution < 1.29 is 24.9 Å². The fraction of sp³-hybridized carbons (Fsp3) is 0.412. The van der Waals surface area contributed by atoms with E-state index in [1.807, 2.05) is 18.2 Å². The Bertz CT molecular complexity index is 843. The van der Waals surface area contributed by atoms with Crippen LogP contribution in [0, 0.1) is 0 Å². The number of fused-ring (bicyclic) bond motifs is 1. The molecule has 10 nitrogen and oxygen atoms in total. The Labute approximate surface area is 155 Å². The van der Waals surface area contributed by atoms with Gasteiger partial charge >= 0.3 is 0 Å². The number of aromatic nitrogens is 2. The third kappa shape index (κ3) is 2.61. The Morgan fingerprint density at radius 1 is 1.22 bits per heavy atom. The number of ether oxygens (including phenoxy) is 1. The van der Waals surface area contributed by atoms with Gasteiger partial charge in [0.2, 0.25) is 0 Å². The van der Waals surface area contributed by atoms with Crippen LogP contribution >= 0.6 is 0 Å².